The van der Waals surface area contributed by atoms with E-state index in [1.54, 1.807) is 48.7 Å². The van der Waals surface area contributed by atoms with Crippen molar-refractivity contribution in [2.24, 2.45) is 4.99 Å². The van der Waals surface area contributed by atoms with E-state index in [1.165, 1.54) is 4.31 Å². The van der Waals surface area contributed by atoms with E-state index in [0.29, 0.717) is 27.8 Å². The van der Waals surface area contributed by atoms with Crippen LogP contribution in [-0.4, -0.2) is 21.2 Å². The van der Waals surface area contributed by atoms with Crippen LogP contribution in [0.5, 0.6) is 0 Å². The Kier molecular flexibility index (Phi) is 5.15. The van der Waals surface area contributed by atoms with Crippen molar-refractivity contribution < 1.29 is 8.42 Å². The molecule has 142 valence electrons. The molecule has 0 bridgehead atoms. The zero-order valence-corrected chi connectivity index (χ0v) is 17.0. The second kappa shape index (κ2) is 7.59. The van der Waals surface area contributed by atoms with E-state index < -0.39 is 10.0 Å². The molecule has 0 N–H and O–H groups in total. The first-order valence-electron chi connectivity index (χ1n) is 8.65. The molecule has 1 aliphatic heterocycles. The van der Waals surface area contributed by atoms with Crippen LogP contribution in [0.4, 0.5) is 11.4 Å². The molecule has 0 spiro atoms. The van der Waals surface area contributed by atoms with Crippen LogP contribution in [0.2, 0.25) is 10.0 Å². The number of halogens is 2. The SMILES string of the molecule is O=S(=O)(c1ccc(N=Cc2c(Cl)cccc2Cl)cc1)N1CCc2ccccc21. The summed E-state index contributed by atoms with van der Waals surface area (Å²) in [7, 11) is -3.61. The molecule has 0 aromatic heterocycles. The number of nitrogens with zero attached hydrogens (tertiary/aromatic N) is 2. The van der Waals surface area contributed by atoms with Crippen molar-refractivity contribution in [3.63, 3.8) is 0 Å². The Morgan fingerprint density at radius 1 is 0.893 bits per heavy atom. The number of anilines is 1. The van der Waals surface area contributed by atoms with Crippen LogP contribution in [0.3, 0.4) is 0 Å². The van der Waals surface area contributed by atoms with Gasteiger partial charge in [-0.25, -0.2) is 8.42 Å². The molecular formula is C21H16Cl2N2O2S. The summed E-state index contributed by atoms with van der Waals surface area (Å²) in [5, 5.41) is 1.01. The van der Waals surface area contributed by atoms with Crippen molar-refractivity contribution in [3.8, 4) is 0 Å². The van der Waals surface area contributed by atoms with Crippen LogP contribution in [0.15, 0.2) is 76.6 Å². The predicted octanol–water partition coefficient (Wildman–Crippen LogP) is 5.50. The van der Waals surface area contributed by atoms with Gasteiger partial charge in [0.25, 0.3) is 10.0 Å². The molecule has 4 rings (SSSR count). The number of aliphatic imine (C=N–C) groups is 1. The maximum atomic E-state index is 13.0. The van der Waals surface area contributed by atoms with Gasteiger partial charge in [0.1, 0.15) is 0 Å². The van der Waals surface area contributed by atoms with Gasteiger partial charge in [-0.3, -0.25) is 9.30 Å². The summed E-state index contributed by atoms with van der Waals surface area (Å²) in [4.78, 5) is 4.59. The molecule has 0 fully saturated rings. The molecule has 1 heterocycles. The number of rotatable bonds is 4. The number of hydrogen-bond donors (Lipinski definition) is 0. The smallest absolute Gasteiger partial charge is 0.264 e. The van der Waals surface area contributed by atoms with Crippen LogP contribution < -0.4 is 4.31 Å². The van der Waals surface area contributed by atoms with Crippen molar-refractivity contribution in [1.29, 1.82) is 0 Å². The van der Waals surface area contributed by atoms with Gasteiger partial charge in [-0.2, -0.15) is 0 Å². The lowest BCUT2D eigenvalue weighted by molar-refractivity contribution is 0.592. The molecule has 1 aliphatic rings. The number of para-hydroxylation sites is 1. The third-order valence-electron chi connectivity index (χ3n) is 4.61. The average Bonchev–Trinajstić information content (AvgIpc) is 3.13. The lowest BCUT2D eigenvalue weighted by Gasteiger charge is -2.19. The second-order valence-electron chi connectivity index (χ2n) is 6.34. The summed E-state index contributed by atoms with van der Waals surface area (Å²) in [6.45, 7) is 0.451. The Morgan fingerprint density at radius 3 is 2.29 bits per heavy atom. The van der Waals surface area contributed by atoms with Crippen molar-refractivity contribution in [2.75, 3.05) is 10.8 Å². The predicted molar refractivity (Wildman–Crippen MR) is 115 cm³/mol. The molecule has 7 heteroatoms. The number of benzene rings is 3. The third kappa shape index (κ3) is 3.53. The van der Waals surface area contributed by atoms with Crippen molar-refractivity contribution in [1.82, 2.24) is 0 Å². The number of sulfonamides is 1. The highest BCUT2D eigenvalue weighted by Crippen LogP contribution is 2.33. The van der Waals surface area contributed by atoms with Crippen LogP contribution in [-0.2, 0) is 16.4 Å². The largest absolute Gasteiger partial charge is 0.266 e. The van der Waals surface area contributed by atoms with Crippen molar-refractivity contribution in [3.05, 3.63) is 87.9 Å². The molecule has 0 radical (unpaired) electrons. The Bertz CT molecular complexity index is 1140. The summed E-state index contributed by atoms with van der Waals surface area (Å²) in [6, 6.07) is 19.3. The molecule has 0 unspecified atom stereocenters. The Labute approximate surface area is 174 Å². The Morgan fingerprint density at radius 2 is 1.57 bits per heavy atom. The quantitative estimate of drug-likeness (QED) is 0.513. The van der Waals surface area contributed by atoms with E-state index in [0.717, 1.165) is 17.7 Å². The van der Waals surface area contributed by atoms with E-state index in [1.807, 2.05) is 24.3 Å². The van der Waals surface area contributed by atoms with Gasteiger partial charge < -0.3 is 0 Å². The zero-order chi connectivity index (χ0) is 19.7. The highest BCUT2D eigenvalue weighted by atomic mass is 35.5. The van der Waals surface area contributed by atoms with Crippen molar-refractivity contribution in [2.45, 2.75) is 11.3 Å². The minimum atomic E-state index is -3.61. The highest BCUT2D eigenvalue weighted by Gasteiger charge is 2.30. The topological polar surface area (TPSA) is 49.7 Å². The summed E-state index contributed by atoms with van der Waals surface area (Å²) in [5.41, 5.74) is 3.02. The summed E-state index contributed by atoms with van der Waals surface area (Å²) >= 11 is 12.3. The van der Waals surface area contributed by atoms with E-state index in [-0.39, 0.29) is 4.90 Å². The molecule has 3 aromatic carbocycles. The fourth-order valence-electron chi connectivity index (χ4n) is 3.16. The van der Waals surface area contributed by atoms with Gasteiger partial charge in [-0.15, -0.1) is 0 Å². The molecule has 0 saturated heterocycles. The summed E-state index contributed by atoms with van der Waals surface area (Å²) in [6.07, 6.45) is 2.29. The van der Waals surface area contributed by atoms with Gasteiger partial charge in [0.05, 0.1) is 26.3 Å². The lowest BCUT2D eigenvalue weighted by Crippen LogP contribution is -2.29. The maximum Gasteiger partial charge on any atom is 0.264 e. The third-order valence-corrected chi connectivity index (χ3v) is 7.10. The Balaban J connectivity index is 1.59. The van der Waals surface area contributed by atoms with E-state index >= 15 is 0 Å². The van der Waals surface area contributed by atoms with Gasteiger partial charge in [0, 0.05) is 18.3 Å². The lowest BCUT2D eigenvalue weighted by atomic mass is 10.2. The second-order valence-corrected chi connectivity index (χ2v) is 9.02. The molecule has 0 aliphatic carbocycles. The fourth-order valence-corrected chi connectivity index (χ4v) is 5.16. The molecule has 4 nitrogen and oxygen atoms in total. The van der Waals surface area contributed by atoms with Crippen LogP contribution in [0.25, 0.3) is 0 Å². The molecule has 0 amide bonds. The molecule has 0 atom stereocenters. The van der Waals surface area contributed by atoms with E-state index in [2.05, 4.69) is 4.99 Å². The number of fused-ring (bicyclic) bond motifs is 1. The van der Waals surface area contributed by atoms with Gasteiger partial charge in [0.2, 0.25) is 0 Å². The van der Waals surface area contributed by atoms with E-state index in [4.69, 9.17) is 23.2 Å². The minimum Gasteiger partial charge on any atom is -0.266 e. The van der Waals surface area contributed by atoms with E-state index in [9.17, 15) is 8.42 Å². The van der Waals surface area contributed by atoms with Crippen molar-refractivity contribution >= 4 is 50.8 Å². The van der Waals surface area contributed by atoms with Gasteiger partial charge in [-0.1, -0.05) is 47.5 Å². The first kappa shape index (κ1) is 19.0. The minimum absolute atomic E-state index is 0.235. The zero-order valence-electron chi connectivity index (χ0n) is 14.7. The molecule has 28 heavy (non-hydrogen) atoms. The molecular weight excluding hydrogens is 415 g/mol. The molecule has 3 aromatic rings. The first-order valence-corrected chi connectivity index (χ1v) is 10.9. The number of hydrogen-bond acceptors (Lipinski definition) is 3. The monoisotopic (exact) mass is 430 g/mol. The van der Waals surface area contributed by atoms with Gasteiger partial charge >= 0.3 is 0 Å². The fraction of sp³-hybridized carbons (Fsp3) is 0.0952. The van der Waals surface area contributed by atoms with Crippen LogP contribution in [0.1, 0.15) is 11.1 Å². The first-order chi connectivity index (χ1) is 13.5. The van der Waals surface area contributed by atoms with Crippen LogP contribution in [0, 0.1) is 0 Å². The normalized spacial score (nSPS) is 13.9. The standard InChI is InChI=1S/C21H16Cl2N2O2S/c22-19-5-3-6-20(23)18(19)14-24-16-8-10-17(11-9-16)28(26,27)25-13-12-15-4-1-2-7-21(15)25/h1-11,14H,12-13H2. The highest BCUT2D eigenvalue weighted by molar-refractivity contribution is 7.92. The average molecular weight is 431 g/mol. The molecule has 0 saturated carbocycles. The summed E-state index contributed by atoms with van der Waals surface area (Å²) in [5.74, 6) is 0. The van der Waals surface area contributed by atoms with Gasteiger partial charge in [0.15, 0.2) is 0 Å². The summed E-state index contributed by atoms with van der Waals surface area (Å²) < 4.78 is 27.5. The van der Waals surface area contributed by atoms with Crippen LogP contribution >= 0.6 is 23.2 Å². The van der Waals surface area contributed by atoms with Gasteiger partial charge in [-0.05, 0) is 54.4 Å². The maximum absolute atomic E-state index is 13.0. The Hall–Kier alpha value is -2.34.